The summed E-state index contributed by atoms with van der Waals surface area (Å²) in [4.78, 5) is 7.99. The molecule has 146 valence electrons. The predicted octanol–water partition coefficient (Wildman–Crippen LogP) is 2.66. The van der Waals surface area contributed by atoms with E-state index in [9.17, 15) is 18.3 Å². The number of aromatic nitrogens is 1. The van der Waals surface area contributed by atoms with Gasteiger partial charge in [-0.3, -0.25) is 4.90 Å². The first kappa shape index (κ1) is 19.4. The molecular weight excluding hydrogens is 359 g/mol. The summed E-state index contributed by atoms with van der Waals surface area (Å²) in [5, 5.41) is 10.2. The summed E-state index contributed by atoms with van der Waals surface area (Å²) < 4.78 is 43.4. The van der Waals surface area contributed by atoms with Crippen molar-refractivity contribution in [3.05, 3.63) is 54.2 Å². The summed E-state index contributed by atoms with van der Waals surface area (Å²) in [6, 6.07) is 11.8. The molecule has 0 saturated carbocycles. The molecule has 27 heavy (non-hydrogen) atoms. The average molecular weight is 381 g/mol. The Hall–Kier alpha value is -2.32. The number of β-amino-alcohol motifs (C(OH)–C–C–N with tert-alkyl or cyclic N) is 1. The van der Waals surface area contributed by atoms with Crippen LogP contribution >= 0.6 is 0 Å². The van der Waals surface area contributed by atoms with E-state index in [1.54, 1.807) is 0 Å². The number of anilines is 1. The van der Waals surface area contributed by atoms with Crippen LogP contribution in [0.25, 0.3) is 0 Å². The van der Waals surface area contributed by atoms with Gasteiger partial charge in [0, 0.05) is 38.9 Å². The molecule has 1 saturated heterocycles. The third-order valence-corrected chi connectivity index (χ3v) is 4.43. The lowest BCUT2D eigenvalue weighted by molar-refractivity contribution is -0.137. The summed E-state index contributed by atoms with van der Waals surface area (Å²) >= 11 is 0. The molecule has 2 heterocycles. The van der Waals surface area contributed by atoms with Crippen molar-refractivity contribution in [2.24, 2.45) is 0 Å². The standard InChI is InChI=1S/C19H22F3N3O2/c20-19(21,22)15-6-7-18(23-12-15)25-10-8-24(9-11-25)13-16(26)14-27-17-4-2-1-3-5-17/h1-7,12,16,26H,8-11,13-14H2/t16-/m0/s1. The number of rotatable bonds is 6. The molecular formula is C19H22F3N3O2. The summed E-state index contributed by atoms with van der Waals surface area (Å²) in [6.45, 7) is 3.39. The number of aliphatic hydroxyl groups is 1. The number of hydrogen-bond acceptors (Lipinski definition) is 5. The monoisotopic (exact) mass is 381 g/mol. The van der Waals surface area contributed by atoms with E-state index in [0.29, 0.717) is 38.5 Å². The molecule has 3 rings (SSSR count). The van der Waals surface area contributed by atoms with Crippen LogP contribution in [0.5, 0.6) is 5.75 Å². The minimum atomic E-state index is -4.37. The number of aliphatic hydroxyl groups excluding tert-OH is 1. The highest BCUT2D eigenvalue weighted by Gasteiger charge is 2.31. The Balaban J connectivity index is 1.43. The summed E-state index contributed by atoms with van der Waals surface area (Å²) in [5.41, 5.74) is -0.744. The molecule has 0 amide bonds. The number of benzene rings is 1. The van der Waals surface area contributed by atoms with Crippen molar-refractivity contribution in [2.45, 2.75) is 12.3 Å². The molecule has 0 unspecified atom stereocenters. The highest BCUT2D eigenvalue weighted by molar-refractivity contribution is 5.40. The number of halogens is 3. The first-order chi connectivity index (χ1) is 12.9. The smallest absolute Gasteiger partial charge is 0.417 e. The van der Waals surface area contributed by atoms with Gasteiger partial charge in [0.15, 0.2) is 0 Å². The Morgan fingerprint density at radius 3 is 2.33 bits per heavy atom. The van der Waals surface area contributed by atoms with Gasteiger partial charge in [0.25, 0.3) is 0 Å². The predicted molar refractivity (Wildman–Crippen MR) is 95.8 cm³/mol. The number of alkyl halides is 3. The number of hydrogen-bond donors (Lipinski definition) is 1. The van der Waals surface area contributed by atoms with Gasteiger partial charge in [0.2, 0.25) is 0 Å². The lowest BCUT2D eigenvalue weighted by Gasteiger charge is -2.36. The first-order valence-corrected chi connectivity index (χ1v) is 8.78. The summed E-state index contributed by atoms with van der Waals surface area (Å²) in [7, 11) is 0. The molecule has 8 heteroatoms. The molecule has 1 aliphatic rings. The van der Waals surface area contributed by atoms with E-state index in [2.05, 4.69) is 9.88 Å². The fraction of sp³-hybridized carbons (Fsp3) is 0.421. The number of nitrogens with zero attached hydrogens (tertiary/aromatic N) is 3. The second kappa shape index (κ2) is 8.58. The second-order valence-corrected chi connectivity index (χ2v) is 6.47. The lowest BCUT2D eigenvalue weighted by Crippen LogP contribution is -2.49. The molecule has 1 aliphatic heterocycles. The van der Waals surface area contributed by atoms with Crippen LogP contribution in [-0.2, 0) is 6.18 Å². The summed E-state index contributed by atoms with van der Waals surface area (Å²) in [5.74, 6) is 1.25. The van der Waals surface area contributed by atoms with E-state index in [1.165, 1.54) is 6.07 Å². The highest BCUT2D eigenvalue weighted by atomic mass is 19.4. The zero-order valence-corrected chi connectivity index (χ0v) is 14.8. The second-order valence-electron chi connectivity index (χ2n) is 6.47. The van der Waals surface area contributed by atoms with Gasteiger partial charge >= 0.3 is 6.18 Å². The van der Waals surface area contributed by atoms with Crippen LogP contribution < -0.4 is 9.64 Å². The fourth-order valence-electron chi connectivity index (χ4n) is 2.96. The van der Waals surface area contributed by atoms with E-state index >= 15 is 0 Å². The minimum Gasteiger partial charge on any atom is -0.491 e. The van der Waals surface area contributed by atoms with Gasteiger partial charge in [-0.2, -0.15) is 13.2 Å². The first-order valence-electron chi connectivity index (χ1n) is 8.78. The Bertz CT molecular complexity index is 702. The van der Waals surface area contributed by atoms with Crippen LogP contribution in [0.15, 0.2) is 48.7 Å². The van der Waals surface area contributed by atoms with Crippen molar-refractivity contribution in [3.63, 3.8) is 0 Å². The largest absolute Gasteiger partial charge is 0.491 e. The maximum Gasteiger partial charge on any atom is 0.417 e. The summed E-state index contributed by atoms with van der Waals surface area (Å²) in [6.07, 6.45) is -4.12. The van der Waals surface area contributed by atoms with Crippen LogP contribution in [0.2, 0.25) is 0 Å². The highest BCUT2D eigenvalue weighted by Crippen LogP contribution is 2.29. The van der Waals surface area contributed by atoms with Gasteiger partial charge in [-0.1, -0.05) is 18.2 Å². The maximum atomic E-state index is 12.6. The fourth-order valence-corrected chi connectivity index (χ4v) is 2.96. The molecule has 0 bridgehead atoms. The Morgan fingerprint density at radius 1 is 1.04 bits per heavy atom. The molecule has 0 radical (unpaired) electrons. The van der Waals surface area contributed by atoms with Crippen molar-refractivity contribution >= 4 is 5.82 Å². The third-order valence-electron chi connectivity index (χ3n) is 4.43. The third kappa shape index (κ3) is 5.58. The number of ether oxygens (including phenoxy) is 1. The van der Waals surface area contributed by atoms with Gasteiger partial charge in [-0.15, -0.1) is 0 Å². The molecule has 1 aromatic heterocycles. The molecule has 0 aliphatic carbocycles. The van der Waals surface area contributed by atoms with Crippen LogP contribution in [0.1, 0.15) is 5.56 Å². The molecule has 1 aromatic carbocycles. The molecule has 1 fully saturated rings. The molecule has 2 aromatic rings. The van der Waals surface area contributed by atoms with Gasteiger partial charge in [-0.05, 0) is 24.3 Å². The molecule has 5 nitrogen and oxygen atoms in total. The molecule has 1 atom stereocenters. The quantitative estimate of drug-likeness (QED) is 0.834. The van der Waals surface area contributed by atoms with Crippen LogP contribution in [-0.4, -0.2) is 60.4 Å². The SMILES string of the molecule is O[C@H](COc1ccccc1)CN1CCN(c2ccc(C(F)(F)F)cn2)CC1. The van der Waals surface area contributed by atoms with E-state index < -0.39 is 17.8 Å². The average Bonchev–Trinajstić information content (AvgIpc) is 2.67. The number of para-hydroxylation sites is 1. The zero-order chi connectivity index (χ0) is 19.3. The van der Waals surface area contributed by atoms with Crippen LogP contribution in [0.3, 0.4) is 0 Å². The van der Waals surface area contributed by atoms with Crippen molar-refractivity contribution in [3.8, 4) is 5.75 Å². The minimum absolute atomic E-state index is 0.213. The normalized spacial score (nSPS) is 17.0. The van der Waals surface area contributed by atoms with E-state index in [1.807, 2.05) is 35.2 Å². The lowest BCUT2D eigenvalue weighted by atomic mass is 10.2. The van der Waals surface area contributed by atoms with Crippen LogP contribution in [0, 0.1) is 0 Å². The van der Waals surface area contributed by atoms with Gasteiger partial charge in [-0.25, -0.2) is 4.98 Å². The zero-order valence-electron chi connectivity index (χ0n) is 14.8. The number of piperazine rings is 1. The van der Waals surface area contributed by atoms with E-state index in [-0.39, 0.29) is 6.61 Å². The Kier molecular flexibility index (Phi) is 6.18. The van der Waals surface area contributed by atoms with Crippen molar-refractivity contribution in [1.29, 1.82) is 0 Å². The van der Waals surface area contributed by atoms with Crippen molar-refractivity contribution in [2.75, 3.05) is 44.2 Å². The Morgan fingerprint density at radius 2 is 1.74 bits per heavy atom. The van der Waals surface area contributed by atoms with E-state index in [0.717, 1.165) is 18.0 Å². The van der Waals surface area contributed by atoms with Crippen molar-refractivity contribution in [1.82, 2.24) is 9.88 Å². The molecule has 1 N–H and O–H groups in total. The topological polar surface area (TPSA) is 48.8 Å². The van der Waals surface area contributed by atoms with E-state index in [4.69, 9.17) is 4.74 Å². The van der Waals surface area contributed by atoms with Gasteiger partial charge < -0.3 is 14.7 Å². The van der Waals surface area contributed by atoms with Gasteiger partial charge in [0.1, 0.15) is 24.3 Å². The maximum absolute atomic E-state index is 12.6. The number of pyridine rings is 1. The van der Waals surface area contributed by atoms with Gasteiger partial charge in [0.05, 0.1) is 5.56 Å². The Labute approximate surface area is 156 Å². The van der Waals surface area contributed by atoms with Crippen molar-refractivity contribution < 1.29 is 23.0 Å². The van der Waals surface area contributed by atoms with Crippen LogP contribution in [0.4, 0.5) is 19.0 Å². The molecule has 0 spiro atoms.